The molecule has 230 valence electrons. The Hall–Kier alpha value is -5.80. The monoisotopic (exact) mass is 618 g/mol. The van der Waals surface area contributed by atoms with Gasteiger partial charge in [0.1, 0.15) is 11.2 Å². The van der Waals surface area contributed by atoms with Gasteiger partial charge < -0.3 is 13.9 Å². The molecular formula is C45H34N2O. The van der Waals surface area contributed by atoms with Crippen LogP contribution in [0.4, 0.5) is 17.1 Å². The number of benzene rings is 6. The first-order valence-electron chi connectivity index (χ1n) is 16.9. The van der Waals surface area contributed by atoms with Gasteiger partial charge in [-0.05, 0) is 78.1 Å². The number of hydrogen-bond donors (Lipinski definition) is 0. The van der Waals surface area contributed by atoms with E-state index < -0.39 is 0 Å². The number of anilines is 3. The number of nitrogens with zero attached hydrogens (tertiary/aromatic N) is 2. The summed E-state index contributed by atoms with van der Waals surface area (Å²) in [6, 6.07) is 48.5. The first kappa shape index (κ1) is 27.3. The zero-order valence-electron chi connectivity index (χ0n) is 27.1. The third kappa shape index (κ3) is 3.82. The predicted molar refractivity (Wildman–Crippen MR) is 200 cm³/mol. The smallest absolute Gasteiger partial charge is 0.137 e. The maximum Gasteiger partial charge on any atom is 0.137 e. The highest BCUT2D eigenvalue weighted by Gasteiger charge is 2.37. The largest absolute Gasteiger partial charge is 0.456 e. The van der Waals surface area contributed by atoms with E-state index in [1.165, 1.54) is 55.1 Å². The van der Waals surface area contributed by atoms with Crippen LogP contribution in [0.1, 0.15) is 37.8 Å². The van der Waals surface area contributed by atoms with Gasteiger partial charge in [0.15, 0.2) is 0 Å². The van der Waals surface area contributed by atoms with Gasteiger partial charge in [-0.15, -0.1) is 0 Å². The van der Waals surface area contributed by atoms with E-state index in [9.17, 15) is 0 Å². The zero-order chi connectivity index (χ0) is 32.0. The number of aromatic nitrogens is 1. The summed E-state index contributed by atoms with van der Waals surface area (Å²) in [4.78, 5) is 2.44. The molecule has 0 saturated heterocycles. The molecular weight excluding hydrogens is 585 g/mol. The molecule has 0 bridgehead atoms. The van der Waals surface area contributed by atoms with Crippen molar-refractivity contribution < 1.29 is 4.42 Å². The fourth-order valence-electron chi connectivity index (χ4n) is 8.38. The van der Waals surface area contributed by atoms with Gasteiger partial charge in [0.25, 0.3) is 0 Å². The molecule has 2 aliphatic rings. The molecule has 3 nitrogen and oxygen atoms in total. The van der Waals surface area contributed by atoms with Crippen molar-refractivity contribution in [1.29, 1.82) is 0 Å². The third-order valence-corrected chi connectivity index (χ3v) is 10.6. The van der Waals surface area contributed by atoms with Crippen molar-refractivity contribution in [1.82, 2.24) is 4.57 Å². The molecule has 0 radical (unpaired) electrons. The van der Waals surface area contributed by atoms with Crippen LogP contribution in [-0.2, 0) is 5.41 Å². The molecule has 2 heterocycles. The molecule has 10 rings (SSSR count). The second kappa shape index (κ2) is 10.1. The van der Waals surface area contributed by atoms with Crippen molar-refractivity contribution in [2.24, 2.45) is 0 Å². The van der Waals surface area contributed by atoms with Crippen LogP contribution in [-0.4, -0.2) is 4.57 Å². The molecule has 3 heteroatoms. The van der Waals surface area contributed by atoms with Crippen LogP contribution in [0.5, 0.6) is 0 Å². The van der Waals surface area contributed by atoms with Gasteiger partial charge in [0, 0.05) is 60.8 Å². The summed E-state index contributed by atoms with van der Waals surface area (Å²) in [7, 11) is 0. The van der Waals surface area contributed by atoms with Crippen molar-refractivity contribution >= 4 is 62.1 Å². The Balaban J connectivity index is 1.28. The third-order valence-electron chi connectivity index (χ3n) is 10.6. The highest BCUT2D eigenvalue weighted by Crippen LogP contribution is 2.54. The molecule has 0 fully saturated rings. The van der Waals surface area contributed by atoms with E-state index in [0.717, 1.165) is 46.2 Å². The summed E-state index contributed by atoms with van der Waals surface area (Å²) in [6.07, 6.45) is 6.93. The standard InChI is InChI=1S/C45H34N2O/c1-45(2)37-18-9-6-17-36(37)44-38(45)19-12-21-40(44)46(31-24-26-35-34-16-8-11-22-42(34)48-43(35)28-31)30-23-25-33-32-15-7-10-20-39(32)47(41(33)27-30)29-13-4-3-5-14-29/h3-6,8-9,11-28H,7,10H2,1-2H3. The SMILES string of the molecule is CC1(C)c2ccccc2-c2c(N(c3ccc4c(c3)oc3ccccc34)c3ccc4c5c(n(-c6ccccc6)c4c3)=CCCC=5)cccc21. The molecule has 0 unspecified atom stereocenters. The summed E-state index contributed by atoms with van der Waals surface area (Å²) in [5.41, 5.74) is 12.7. The van der Waals surface area contributed by atoms with Crippen LogP contribution in [0.3, 0.4) is 0 Å². The normalized spacial score (nSPS) is 14.4. The molecule has 2 aromatic heterocycles. The summed E-state index contributed by atoms with van der Waals surface area (Å²) in [5.74, 6) is 0. The Morgan fingerprint density at radius 2 is 1.31 bits per heavy atom. The van der Waals surface area contributed by atoms with Gasteiger partial charge in [-0.25, -0.2) is 0 Å². The van der Waals surface area contributed by atoms with Crippen molar-refractivity contribution in [3.05, 3.63) is 155 Å². The molecule has 2 aliphatic carbocycles. The van der Waals surface area contributed by atoms with Crippen LogP contribution >= 0.6 is 0 Å². The fourth-order valence-corrected chi connectivity index (χ4v) is 8.38. The Kier molecular flexibility index (Phi) is 5.75. The van der Waals surface area contributed by atoms with E-state index in [-0.39, 0.29) is 5.41 Å². The van der Waals surface area contributed by atoms with E-state index in [2.05, 4.69) is 163 Å². The van der Waals surface area contributed by atoms with Crippen LogP contribution in [0.2, 0.25) is 0 Å². The Bertz CT molecular complexity index is 2710. The van der Waals surface area contributed by atoms with E-state index in [4.69, 9.17) is 4.42 Å². The van der Waals surface area contributed by atoms with Crippen LogP contribution in [0.25, 0.3) is 61.8 Å². The second-order valence-electron chi connectivity index (χ2n) is 13.6. The predicted octanol–water partition coefficient (Wildman–Crippen LogP) is 10.7. The minimum Gasteiger partial charge on any atom is -0.456 e. The number of furan rings is 1. The Morgan fingerprint density at radius 1 is 0.604 bits per heavy atom. The van der Waals surface area contributed by atoms with Crippen LogP contribution in [0.15, 0.2) is 138 Å². The molecule has 48 heavy (non-hydrogen) atoms. The molecule has 0 aliphatic heterocycles. The van der Waals surface area contributed by atoms with Crippen molar-refractivity contribution in [2.45, 2.75) is 32.1 Å². The lowest BCUT2D eigenvalue weighted by molar-refractivity contribution is 0.660. The van der Waals surface area contributed by atoms with E-state index in [0.29, 0.717) is 0 Å². The summed E-state index contributed by atoms with van der Waals surface area (Å²) in [5, 5.41) is 6.17. The van der Waals surface area contributed by atoms with Crippen molar-refractivity contribution in [3.63, 3.8) is 0 Å². The van der Waals surface area contributed by atoms with Crippen LogP contribution in [0, 0.1) is 0 Å². The lowest BCUT2D eigenvalue weighted by atomic mass is 9.82. The number of fused-ring (bicyclic) bond motifs is 9. The van der Waals surface area contributed by atoms with Gasteiger partial charge in [-0.3, -0.25) is 0 Å². The van der Waals surface area contributed by atoms with Gasteiger partial charge in [-0.1, -0.05) is 105 Å². The van der Waals surface area contributed by atoms with Crippen LogP contribution < -0.4 is 15.5 Å². The highest BCUT2D eigenvalue weighted by atomic mass is 16.3. The Labute approximate surface area is 279 Å². The lowest BCUT2D eigenvalue weighted by Gasteiger charge is -2.29. The highest BCUT2D eigenvalue weighted by molar-refractivity contribution is 6.06. The van der Waals surface area contributed by atoms with E-state index >= 15 is 0 Å². The van der Waals surface area contributed by atoms with Gasteiger partial charge in [-0.2, -0.15) is 0 Å². The molecule has 0 amide bonds. The lowest BCUT2D eigenvalue weighted by Crippen LogP contribution is -2.30. The number of para-hydroxylation sites is 2. The second-order valence-corrected chi connectivity index (χ2v) is 13.6. The summed E-state index contributed by atoms with van der Waals surface area (Å²) in [6.45, 7) is 4.70. The molecule has 8 aromatic rings. The van der Waals surface area contributed by atoms with Crippen molar-refractivity contribution in [2.75, 3.05) is 4.90 Å². The van der Waals surface area contributed by atoms with Gasteiger partial charge in [0.05, 0.1) is 11.2 Å². The Morgan fingerprint density at radius 3 is 2.21 bits per heavy atom. The van der Waals surface area contributed by atoms with Gasteiger partial charge in [0.2, 0.25) is 0 Å². The average Bonchev–Trinajstić information content (AvgIpc) is 3.74. The first-order chi connectivity index (χ1) is 23.6. The van der Waals surface area contributed by atoms with E-state index in [1.807, 2.05) is 6.07 Å². The zero-order valence-corrected chi connectivity index (χ0v) is 27.1. The molecule has 0 N–H and O–H groups in total. The fraction of sp³-hybridized carbons (Fsp3) is 0.111. The number of rotatable bonds is 4. The van der Waals surface area contributed by atoms with Crippen molar-refractivity contribution in [3.8, 4) is 16.8 Å². The topological polar surface area (TPSA) is 21.3 Å². The average molecular weight is 619 g/mol. The van der Waals surface area contributed by atoms with E-state index in [1.54, 1.807) is 0 Å². The quantitative estimate of drug-likeness (QED) is 0.196. The number of hydrogen-bond acceptors (Lipinski definition) is 2. The first-order valence-corrected chi connectivity index (χ1v) is 16.9. The minimum absolute atomic E-state index is 0.104. The molecule has 0 spiro atoms. The molecule has 0 atom stereocenters. The molecule has 6 aromatic carbocycles. The summed E-state index contributed by atoms with van der Waals surface area (Å²) >= 11 is 0. The van der Waals surface area contributed by atoms with Gasteiger partial charge >= 0.3 is 0 Å². The summed E-state index contributed by atoms with van der Waals surface area (Å²) < 4.78 is 8.90. The maximum absolute atomic E-state index is 6.46. The maximum atomic E-state index is 6.46. The molecule has 0 saturated carbocycles. The minimum atomic E-state index is -0.104.